The first-order valence-corrected chi connectivity index (χ1v) is 15.5. The van der Waals surface area contributed by atoms with Gasteiger partial charge in [-0.1, -0.05) is 78.9 Å². The third-order valence-corrected chi connectivity index (χ3v) is 9.76. The molecule has 0 aliphatic rings. The van der Waals surface area contributed by atoms with Crippen LogP contribution in [0.1, 0.15) is 38.8 Å². The number of hydrogen-bond acceptors (Lipinski definition) is 4. The Morgan fingerprint density at radius 3 is 1.73 bits per heavy atom. The summed E-state index contributed by atoms with van der Waals surface area (Å²) in [6, 6.07) is 36.0. The Labute approximate surface area is 243 Å². The highest BCUT2D eigenvalue weighted by Gasteiger charge is 2.45. The fourth-order valence-electron chi connectivity index (χ4n) is 4.95. The van der Waals surface area contributed by atoms with Gasteiger partial charge in [0, 0.05) is 10.6 Å². The second-order valence-corrected chi connectivity index (χ2v) is 13.6. The molecule has 0 aromatic heterocycles. The van der Waals surface area contributed by atoms with Gasteiger partial charge in [-0.25, -0.2) is 9.88 Å². The monoisotopic (exact) mass is 570 g/mol. The summed E-state index contributed by atoms with van der Waals surface area (Å²) in [6.45, 7) is 7.41. The van der Waals surface area contributed by atoms with Gasteiger partial charge >= 0.3 is 6.09 Å². The molecule has 0 unspecified atom stereocenters. The number of carbonyl (C=O) groups is 1. The van der Waals surface area contributed by atoms with Crippen LogP contribution in [0.2, 0.25) is 0 Å². The summed E-state index contributed by atoms with van der Waals surface area (Å²) in [5.41, 5.74) is 0.166. The summed E-state index contributed by atoms with van der Waals surface area (Å²) in [6.07, 6.45) is -0.127. The minimum absolute atomic E-state index is 0.418. The van der Waals surface area contributed by atoms with Crippen LogP contribution >= 0.6 is 7.29 Å². The first-order chi connectivity index (χ1) is 19.6. The fraction of sp³-hybridized carbons (Fsp3) is 0.265. The summed E-state index contributed by atoms with van der Waals surface area (Å²) in [7, 11) is -1.84. The molecular formula is C34H39N2O4P. The molecule has 4 aromatic rings. The second kappa shape index (κ2) is 12.8. The van der Waals surface area contributed by atoms with Crippen LogP contribution in [0.15, 0.2) is 115 Å². The van der Waals surface area contributed by atoms with Crippen molar-refractivity contribution in [2.24, 2.45) is 0 Å². The van der Waals surface area contributed by atoms with Gasteiger partial charge in [-0.3, -0.25) is 4.57 Å². The van der Waals surface area contributed by atoms with E-state index in [1.165, 1.54) is 0 Å². The van der Waals surface area contributed by atoms with Crippen molar-refractivity contribution in [2.45, 2.75) is 51.3 Å². The van der Waals surface area contributed by atoms with Crippen molar-refractivity contribution in [2.75, 3.05) is 7.11 Å². The van der Waals surface area contributed by atoms with E-state index in [-0.39, 0.29) is 0 Å². The Bertz CT molecular complexity index is 1410. The highest BCUT2D eigenvalue weighted by atomic mass is 31.2. The molecular weight excluding hydrogens is 531 g/mol. The van der Waals surface area contributed by atoms with Crippen molar-refractivity contribution in [1.82, 2.24) is 10.4 Å². The van der Waals surface area contributed by atoms with Crippen molar-refractivity contribution in [3.63, 3.8) is 0 Å². The SMILES string of the molecule is COc1ccc(C[C@](NP(=O)(c2ccccc2)c2ccccc2)(c2ccccc2)[C@H](C)NC(=O)OC(C)(C)C)cc1. The standard InChI is InChI=1S/C34H39N2O4P/c1-26(35-32(37)40-33(2,3)4)34(28-15-9-6-10-16-28,25-27-21-23-29(39-5)24-22-27)36-41(38,30-17-11-7-12-18-30)31-19-13-8-14-20-31/h6-24,26H,25H2,1-5H3,(H,35,37)(H,36,38)/t26-,34+/m0/s1. The lowest BCUT2D eigenvalue weighted by Crippen LogP contribution is -2.59. The van der Waals surface area contributed by atoms with Crippen LogP contribution in [-0.4, -0.2) is 24.8 Å². The molecule has 214 valence electrons. The molecule has 4 rings (SSSR count). The van der Waals surface area contributed by atoms with E-state index < -0.39 is 30.6 Å². The Hall–Kier alpha value is -3.86. The maximum Gasteiger partial charge on any atom is 0.407 e. The summed E-state index contributed by atoms with van der Waals surface area (Å²) in [5, 5.41) is 8.11. The zero-order chi connectivity index (χ0) is 29.5. The van der Waals surface area contributed by atoms with E-state index in [1.54, 1.807) is 7.11 Å². The topological polar surface area (TPSA) is 76.7 Å². The molecule has 0 aliphatic heterocycles. The zero-order valence-corrected chi connectivity index (χ0v) is 25.2. The lowest BCUT2D eigenvalue weighted by molar-refractivity contribution is 0.0477. The van der Waals surface area contributed by atoms with Gasteiger partial charge in [0.25, 0.3) is 0 Å². The molecule has 0 fully saturated rings. The van der Waals surface area contributed by atoms with Crippen molar-refractivity contribution in [3.8, 4) is 5.75 Å². The highest BCUT2D eigenvalue weighted by Crippen LogP contribution is 2.46. The maximum absolute atomic E-state index is 15.4. The van der Waals surface area contributed by atoms with E-state index in [2.05, 4.69) is 10.4 Å². The van der Waals surface area contributed by atoms with Crippen molar-refractivity contribution >= 4 is 24.0 Å². The fourth-order valence-corrected chi connectivity index (χ4v) is 7.65. The van der Waals surface area contributed by atoms with Gasteiger partial charge in [-0.15, -0.1) is 0 Å². The molecule has 0 radical (unpaired) electrons. The predicted molar refractivity (Wildman–Crippen MR) is 167 cm³/mol. The van der Waals surface area contributed by atoms with Crippen LogP contribution in [0.25, 0.3) is 0 Å². The van der Waals surface area contributed by atoms with Gasteiger partial charge in [0.15, 0.2) is 0 Å². The quantitative estimate of drug-likeness (QED) is 0.211. The summed E-state index contributed by atoms with van der Waals surface area (Å²) in [4.78, 5) is 13.1. The Morgan fingerprint density at radius 2 is 1.27 bits per heavy atom. The summed E-state index contributed by atoms with van der Waals surface area (Å²) < 4.78 is 26.5. The van der Waals surface area contributed by atoms with E-state index in [9.17, 15) is 4.79 Å². The van der Waals surface area contributed by atoms with Crippen LogP contribution in [-0.2, 0) is 21.3 Å². The number of nitrogens with one attached hydrogen (secondary N) is 2. The number of hydrogen-bond donors (Lipinski definition) is 2. The number of ether oxygens (including phenoxy) is 2. The molecule has 0 aliphatic carbocycles. The van der Waals surface area contributed by atoms with Crippen molar-refractivity contribution in [1.29, 1.82) is 0 Å². The lowest BCUT2D eigenvalue weighted by Gasteiger charge is -2.44. The van der Waals surface area contributed by atoms with Crippen molar-refractivity contribution in [3.05, 3.63) is 126 Å². The highest BCUT2D eigenvalue weighted by molar-refractivity contribution is 7.77. The molecule has 0 saturated carbocycles. The van der Waals surface area contributed by atoms with Gasteiger partial charge in [-0.2, -0.15) is 0 Å². The minimum Gasteiger partial charge on any atom is -0.497 e. The molecule has 4 aromatic carbocycles. The zero-order valence-electron chi connectivity index (χ0n) is 24.3. The third kappa shape index (κ3) is 7.27. The van der Waals surface area contributed by atoms with Crippen LogP contribution < -0.4 is 25.8 Å². The lowest BCUT2D eigenvalue weighted by atomic mass is 9.79. The smallest absolute Gasteiger partial charge is 0.407 e. The van der Waals surface area contributed by atoms with Crippen LogP contribution in [0.5, 0.6) is 5.75 Å². The van der Waals surface area contributed by atoms with Gasteiger partial charge in [0.05, 0.1) is 18.7 Å². The van der Waals surface area contributed by atoms with Gasteiger partial charge < -0.3 is 14.8 Å². The summed E-state index contributed by atoms with van der Waals surface area (Å²) in [5.74, 6) is 0.742. The van der Waals surface area contributed by atoms with Gasteiger partial charge in [0.2, 0.25) is 7.29 Å². The number of alkyl carbamates (subject to hydrolysis) is 1. The van der Waals surface area contributed by atoms with E-state index in [1.807, 2.05) is 143 Å². The predicted octanol–water partition coefficient (Wildman–Crippen LogP) is 6.57. The average molecular weight is 571 g/mol. The minimum atomic E-state index is -3.47. The van der Waals surface area contributed by atoms with Crippen LogP contribution in [0.4, 0.5) is 4.79 Å². The van der Waals surface area contributed by atoms with Crippen LogP contribution in [0.3, 0.4) is 0 Å². The van der Waals surface area contributed by atoms with E-state index in [0.29, 0.717) is 17.0 Å². The molecule has 6 nitrogen and oxygen atoms in total. The molecule has 2 atom stereocenters. The largest absolute Gasteiger partial charge is 0.497 e. The summed E-state index contributed by atoms with van der Waals surface area (Å²) >= 11 is 0. The molecule has 0 heterocycles. The molecule has 2 N–H and O–H groups in total. The molecule has 0 spiro atoms. The van der Waals surface area contributed by atoms with Crippen LogP contribution in [0, 0.1) is 0 Å². The first kappa shape index (κ1) is 30.1. The Kier molecular flexibility index (Phi) is 9.37. The Morgan fingerprint density at radius 1 is 0.780 bits per heavy atom. The van der Waals surface area contributed by atoms with Crippen molar-refractivity contribution < 1.29 is 18.8 Å². The normalized spacial score (nSPS) is 14.0. The molecule has 41 heavy (non-hydrogen) atoms. The van der Waals surface area contributed by atoms with E-state index in [0.717, 1.165) is 16.9 Å². The van der Waals surface area contributed by atoms with Gasteiger partial charge in [0.1, 0.15) is 11.4 Å². The maximum atomic E-state index is 15.4. The molecule has 0 saturated heterocycles. The number of carbonyl (C=O) groups excluding carboxylic acids is 1. The van der Waals surface area contributed by atoms with E-state index >= 15 is 4.57 Å². The van der Waals surface area contributed by atoms with E-state index in [4.69, 9.17) is 9.47 Å². The molecule has 1 amide bonds. The van der Waals surface area contributed by atoms with Gasteiger partial charge in [-0.05, 0) is 81.6 Å². The number of amides is 1. The molecule has 0 bridgehead atoms. The number of benzene rings is 4. The Balaban J connectivity index is 1.93. The number of rotatable bonds is 10. The third-order valence-electron chi connectivity index (χ3n) is 7.00. The molecule has 7 heteroatoms. The first-order valence-electron chi connectivity index (χ1n) is 13.7. The second-order valence-electron chi connectivity index (χ2n) is 11.1. The average Bonchev–Trinajstić information content (AvgIpc) is 2.97. The number of methoxy groups -OCH3 is 1.